The number of hydrogen-bond acceptors (Lipinski definition) is 11. The maximum absolute atomic E-state index is 10.3. The Morgan fingerprint density at radius 1 is 0.485 bits per heavy atom. The fourth-order valence-electron chi connectivity index (χ4n) is 1.44. The SMILES string of the molecule is O=C(O)c1ccc(C(=O)O)cc1.OCCO.OCCOCCO.OCCOCCOCCO. The summed E-state index contributed by atoms with van der Waals surface area (Å²) >= 11 is 0. The first-order valence-corrected chi connectivity index (χ1v) is 9.81. The molecule has 1 aromatic carbocycles. The number of aliphatic hydroxyl groups is 6. The van der Waals surface area contributed by atoms with Crippen LogP contribution in [0.15, 0.2) is 24.3 Å². The Labute approximate surface area is 192 Å². The van der Waals surface area contributed by atoms with E-state index >= 15 is 0 Å². The van der Waals surface area contributed by atoms with E-state index in [1.54, 1.807) is 0 Å². The lowest BCUT2D eigenvalue weighted by molar-refractivity contribution is 0.0222. The van der Waals surface area contributed by atoms with Gasteiger partial charge in [-0.3, -0.25) is 0 Å². The maximum atomic E-state index is 10.3. The van der Waals surface area contributed by atoms with Crippen molar-refractivity contribution in [2.24, 2.45) is 0 Å². The molecule has 1 rings (SSSR count). The second-order valence-electron chi connectivity index (χ2n) is 5.37. The molecule has 194 valence electrons. The van der Waals surface area contributed by atoms with Crippen LogP contribution in [0.2, 0.25) is 0 Å². The van der Waals surface area contributed by atoms with E-state index in [2.05, 4.69) is 4.74 Å². The van der Waals surface area contributed by atoms with Crippen LogP contribution in [0.25, 0.3) is 0 Å². The fraction of sp³-hybridized carbons (Fsp3) is 0.600. The molecule has 13 nitrogen and oxygen atoms in total. The smallest absolute Gasteiger partial charge is 0.335 e. The van der Waals surface area contributed by atoms with Gasteiger partial charge in [-0.1, -0.05) is 0 Å². The maximum Gasteiger partial charge on any atom is 0.335 e. The topological polar surface area (TPSA) is 224 Å². The van der Waals surface area contributed by atoms with Crippen molar-refractivity contribution in [1.29, 1.82) is 0 Å². The van der Waals surface area contributed by atoms with Gasteiger partial charge in [0.15, 0.2) is 0 Å². The highest BCUT2D eigenvalue weighted by Gasteiger charge is 2.04. The molecule has 0 fully saturated rings. The summed E-state index contributed by atoms with van der Waals surface area (Å²) in [6.07, 6.45) is 0. The number of hydrogen-bond donors (Lipinski definition) is 8. The van der Waals surface area contributed by atoms with Gasteiger partial charge in [-0.25, -0.2) is 9.59 Å². The molecule has 0 radical (unpaired) electrons. The van der Waals surface area contributed by atoms with Gasteiger partial charge in [-0.15, -0.1) is 0 Å². The molecule has 0 atom stereocenters. The summed E-state index contributed by atoms with van der Waals surface area (Å²) in [5.74, 6) is -2.13. The first-order chi connectivity index (χ1) is 15.9. The van der Waals surface area contributed by atoms with E-state index in [1.807, 2.05) is 0 Å². The predicted octanol–water partition coefficient (Wildman–Crippen LogP) is -1.95. The van der Waals surface area contributed by atoms with Crippen LogP contribution in [-0.2, 0) is 14.2 Å². The minimum absolute atomic E-state index is 0.0278. The summed E-state index contributed by atoms with van der Waals surface area (Å²) < 4.78 is 14.4. The van der Waals surface area contributed by atoms with Gasteiger partial charge in [0.05, 0.1) is 90.4 Å². The Balaban J connectivity index is -0.000000389. The summed E-state index contributed by atoms with van der Waals surface area (Å²) in [7, 11) is 0. The molecule has 33 heavy (non-hydrogen) atoms. The molecule has 0 saturated heterocycles. The van der Waals surface area contributed by atoms with Crippen molar-refractivity contribution < 1.29 is 64.7 Å². The lowest BCUT2D eigenvalue weighted by Crippen LogP contribution is -2.09. The molecule has 0 unspecified atom stereocenters. The lowest BCUT2D eigenvalue weighted by Gasteiger charge is -2.01. The van der Waals surface area contributed by atoms with E-state index in [4.69, 9.17) is 50.3 Å². The van der Waals surface area contributed by atoms with Crippen molar-refractivity contribution >= 4 is 11.9 Å². The molecule has 0 amide bonds. The largest absolute Gasteiger partial charge is 0.478 e. The van der Waals surface area contributed by atoms with E-state index in [-0.39, 0.29) is 50.8 Å². The van der Waals surface area contributed by atoms with Gasteiger partial charge in [0.25, 0.3) is 0 Å². The monoisotopic (exact) mass is 484 g/mol. The molecule has 0 aliphatic rings. The highest BCUT2D eigenvalue weighted by molar-refractivity contribution is 5.91. The van der Waals surface area contributed by atoms with Gasteiger partial charge in [-0.2, -0.15) is 0 Å². The third-order valence-corrected chi connectivity index (χ3v) is 2.79. The minimum Gasteiger partial charge on any atom is -0.478 e. The van der Waals surface area contributed by atoms with Gasteiger partial charge < -0.3 is 55.1 Å². The van der Waals surface area contributed by atoms with Crippen LogP contribution < -0.4 is 0 Å². The van der Waals surface area contributed by atoms with Gasteiger partial charge in [0, 0.05) is 0 Å². The molecule has 1 aromatic rings. The minimum atomic E-state index is -1.06. The molecule has 0 bridgehead atoms. The van der Waals surface area contributed by atoms with Crippen molar-refractivity contribution in [2.45, 2.75) is 0 Å². The Morgan fingerprint density at radius 2 is 0.727 bits per heavy atom. The molecular formula is C20H36O13. The first kappa shape index (κ1) is 35.4. The van der Waals surface area contributed by atoms with Crippen LogP contribution >= 0.6 is 0 Å². The molecule has 0 aliphatic heterocycles. The van der Waals surface area contributed by atoms with E-state index in [1.165, 1.54) is 24.3 Å². The number of ether oxygens (including phenoxy) is 3. The Morgan fingerprint density at radius 3 is 0.909 bits per heavy atom. The standard InChI is InChI=1S/C8H6O4.C6H14O4.C4H10O3.C2H6O2/c9-7(10)5-1-2-6(4-3-5)8(11)12;7-1-3-9-5-6-10-4-2-8;5-1-3-7-4-2-6;3-1-2-4/h1-4H,(H,9,10)(H,11,12);7-8H,1-6H2;5-6H,1-4H2;3-4H,1-2H2. The van der Waals surface area contributed by atoms with Crippen LogP contribution in [0.3, 0.4) is 0 Å². The average Bonchev–Trinajstić information content (AvgIpc) is 2.82. The highest BCUT2D eigenvalue weighted by atomic mass is 16.5. The zero-order valence-corrected chi connectivity index (χ0v) is 18.4. The van der Waals surface area contributed by atoms with Gasteiger partial charge >= 0.3 is 11.9 Å². The van der Waals surface area contributed by atoms with E-state index in [9.17, 15) is 9.59 Å². The molecule has 0 spiro atoms. The third-order valence-electron chi connectivity index (χ3n) is 2.79. The fourth-order valence-corrected chi connectivity index (χ4v) is 1.44. The number of aliphatic hydroxyl groups excluding tert-OH is 6. The highest BCUT2D eigenvalue weighted by Crippen LogP contribution is 2.03. The van der Waals surface area contributed by atoms with Gasteiger partial charge in [-0.05, 0) is 24.3 Å². The number of rotatable bonds is 14. The Kier molecular flexibility index (Phi) is 32.0. The van der Waals surface area contributed by atoms with Crippen LogP contribution in [0.5, 0.6) is 0 Å². The quantitative estimate of drug-likeness (QED) is 0.135. The summed E-state index contributed by atoms with van der Waals surface area (Å²) in [5.41, 5.74) is 0.167. The zero-order valence-electron chi connectivity index (χ0n) is 18.4. The third kappa shape index (κ3) is 29.8. The van der Waals surface area contributed by atoms with E-state index < -0.39 is 11.9 Å². The Hall–Kier alpha value is -2.20. The van der Waals surface area contributed by atoms with Crippen LogP contribution in [0.4, 0.5) is 0 Å². The molecular weight excluding hydrogens is 448 g/mol. The summed E-state index contributed by atoms with van der Waals surface area (Å²) in [4.78, 5) is 20.7. The summed E-state index contributed by atoms with van der Waals surface area (Å²) in [6, 6.07) is 5.02. The van der Waals surface area contributed by atoms with Crippen molar-refractivity contribution in [3.63, 3.8) is 0 Å². The molecule has 0 aromatic heterocycles. The molecule has 0 saturated carbocycles. The van der Waals surface area contributed by atoms with E-state index in [0.29, 0.717) is 39.6 Å². The second kappa shape index (κ2) is 29.8. The van der Waals surface area contributed by atoms with E-state index in [0.717, 1.165) is 0 Å². The first-order valence-electron chi connectivity index (χ1n) is 9.81. The normalized spacial score (nSPS) is 9.39. The van der Waals surface area contributed by atoms with Gasteiger partial charge in [0.2, 0.25) is 0 Å². The van der Waals surface area contributed by atoms with Crippen LogP contribution in [-0.4, -0.2) is 132 Å². The number of benzene rings is 1. The number of carboxylic acid groups (broad SMARTS) is 2. The molecule has 8 N–H and O–H groups in total. The van der Waals surface area contributed by atoms with Crippen molar-refractivity contribution in [1.82, 2.24) is 0 Å². The average molecular weight is 484 g/mol. The summed E-state index contributed by atoms with van der Waals surface area (Å²) in [5, 5.41) is 64.9. The second-order valence-corrected chi connectivity index (χ2v) is 5.37. The number of aromatic carboxylic acids is 2. The number of carboxylic acids is 2. The van der Waals surface area contributed by atoms with Crippen molar-refractivity contribution in [2.75, 3.05) is 79.3 Å². The van der Waals surface area contributed by atoms with Crippen LogP contribution in [0.1, 0.15) is 20.7 Å². The van der Waals surface area contributed by atoms with Crippen molar-refractivity contribution in [3.8, 4) is 0 Å². The zero-order chi connectivity index (χ0) is 25.7. The lowest BCUT2D eigenvalue weighted by atomic mass is 10.1. The molecule has 13 heteroatoms. The molecule has 0 heterocycles. The number of carbonyl (C=O) groups is 2. The van der Waals surface area contributed by atoms with Crippen LogP contribution in [0, 0.1) is 0 Å². The van der Waals surface area contributed by atoms with Gasteiger partial charge in [0.1, 0.15) is 0 Å². The predicted molar refractivity (Wildman–Crippen MR) is 115 cm³/mol. The molecule has 0 aliphatic carbocycles. The van der Waals surface area contributed by atoms with Crippen molar-refractivity contribution in [3.05, 3.63) is 35.4 Å². The Bertz CT molecular complexity index is 490. The summed E-state index contributed by atoms with van der Waals surface area (Å²) in [6.45, 7) is 2.17.